The molecule has 4 nitrogen and oxygen atoms in total. The number of nitrogens with one attached hydrogen (secondary N) is 1. The van der Waals surface area contributed by atoms with Gasteiger partial charge in [-0.15, -0.1) is 0 Å². The third-order valence-corrected chi connectivity index (χ3v) is 3.00. The lowest BCUT2D eigenvalue weighted by molar-refractivity contribution is -0.146. The van der Waals surface area contributed by atoms with Gasteiger partial charge < -0.3 is 10.4 Å². The molecule has 0 aromatic carbocycles. The Labute approximate surface area is 90.0 Å². The largest absolute Gasteiger partial charge is 0.481 e. The van der Waals surface area contributed by atoms with E-state index in [1.807, 2.05) is 0 Å². The smallest absolute Gasteiger partial charge is 0.307 e. The molecule has 1 rings (SSSR count). The van der Waals surface area contributed by atoms with Crippen LogP contribution in [0.1, 0.15) is 39.0 Å². The maximum atomic E-state index is 11.7. The lowest BCUT2D eigenvalue weighted by Crippen LogP contribution is -2.35. The van der Waals surface area contributed by atoms with Gasteiger partial charge in [0.15, 0.2) is 0 Å². The van der Waals surface area contributed by atoms with Crippen LogP contribution in [0, 0.1) is 11.8 Å². The number of carbonyl (C=O) groups excluding carboxylic acids is 1. The molecule has 0 aliphatic heterocycles. The Morgan fingerprint density at radius 2 is 2.00 bits per heavy atom. The van der Waals surface area contributed by atoms with E-state index in [9.17, 15) is 9.59 Å². The zero-order valence-electron chi connectivity index (χ0n) is 9.16. The Morgan fingerprint density at radius 3 is 2.60 bits per heavy atom. The average molecular weight is 213 g/mol. The van der Waals surface area contributed by atoms with Crippen molar-refractivity contribution in [3.05, 3.63) is 0 Å². The van der Waals surface area contributed by atoms with Crippen LogP contribution >= 0.6 is 0 Å². The van der Waals surface area contributed by atoms with E-state index in [0.29, 0.717) is 13.0 Å². The van der Waals surface area contributed by atoms with Crippen LogP contribution in [-0.4, -0.2) is 23.5 Å². The summed E-state index contributed by atoms with van der Waals surface area (Å²) in [6.07, 6.45) is 4.20. The molecule has 1 aliphatic rings. The quantitative estimate of drug-likeness (QED) is 0.678. The van der Waals surface area contributed by atoms with Gasteiger partial charge in [-0.25, -0.2) is 0 Å². The molecule has 15 heavy (non-hydrogen) atoms. The van der Waals surface area contributed by atoms with Crippen LogP contribution in [0.5, 0.6) is 0 Å². The molecular formula is C11H19NO3. The Balaban J connectivity index is 2.40. The van der Waals surface area contributed by atoms with Gasteiger partial charge in [-0.05, 0) is 19.3 Å². The molecule has 4 heteroatoms. The molecule has 1 amide bonds. The first-order chi connectivity index (χ1) is 7.16. The molecule has 2 unspecified atom stereocenters. The number of rotatable bonds is 5. The second kappa shape index (κ2) is 5.73. The molecule has 0 aromatic rings. The molecule has 0 aromatic heterocycles. The Bertz CT molecular complexity index is 240. The van der Waals surface area contributed by atoms with E-state index >= 15 is 0 Å². The SMILES string of the molecule is CCCCNC(=O)C1CCCC1C(=O)O. The Kier molecular flexibility index (Phi) is 4.59. The summed E-state index contributed by atoms with van der Waals surface area (Å²) >= 11 is 0. The van der Waals surface area contributed by atoms with Crippen molar-refractivity contribution >= 4 is 11.9 Å². The minimum Gasteiger partial charge on any atom is -0.481 e. The van der Waals surface area contributed by atoms with Gasteiger partial charge >= 0.3 is 5.97 Å². The molecule has 0 spiro atoms. The number of hydrogen-bond donors (Lipinski definition) is 2. The fourth-order valence-corrected chi connectivity index (χ4v) is 2.09. The minimum atomic E-state index is -0.830. The van der Waals surface area contributed by atoms with E-state index in [2.05, 4.69) is 12.2 Å². The number of hydrogen-bond acceptors (Lipinski definition) is 2. The van der Waals surface area contributed by atoms with Crippen LogP contribution in [-0.2, 0) is 9.59 Å². The van der Waals surface area contributed by atoms with Crippen molar-refractivity contribution in [2.75, 3.05) is 6.54 Å². The normalized spacial score (nSPS) is 25.1. The first-order valence-electron chi connectivity index (χ1n) is 5.67. The summed E-state index contributed by atoms with van der Waals surface area (Å²) in [5.74, 6) is -1.68. The standard InChI is InChI=1S/C11H19NO3/c1-2-3-7-12-10(13)8-5-4-6-9(8)11(14)15/h8-9H,2-7H2,1H3,(H,12,13)(H,14,15). The van der Waals surface area contributed by atoms with Gasteiger partial charge in [-0.1, -0.05) is 19.8 Å². The molecule has 1 saturated carbocycles. The summed E-state index contributed by atoms with van der Waals surface area (Å²) in [5, 5.41) is 11.7. The van der Waals surface area contributed by atoms with Crippen LogP contribution in [0.3, 0.4) is 0 Å². The number of carboxylic acid groups (broad SMARTS) is 1. The topological polar surface area (TPSA) is 66.4 Å². The minimum absolute atomic E-state index is 0.0756. The summed E-state index contributed by atoms with van der Waals surface area (Å²) < 4.78 is 0. The summed E-state index contributed by atoms with van der Waals surface area (Å²) in [5.41, 5.74) is 0. The highest BCUT2D eigenvalue weighted by Crippen LogP contribution is 2.31. The zero-order valence-corrected chi connectivity index (χ0v) is 9.16. The maximum Gasteiger partial charge on any atom is 0.307 e. The molecule has 86 valence electrons. The lowest BCUT2D eigenvalue weighted by Gasteiger charge is -2.15. The molecule has 2 atom stereocenters. The number of amides is 1. The molecule has 0 radical (unpaired) electrons. The zero-order chi connectivity index (χ0) is 11.3. The van der Waals surface area contributed by atoms with Crippen molar-refractivity contribution in [3.63, 3.8) is 0 Å². The van der Waals surface area contributed by atoms with Crippen molar-refractivity contribution in [1.82, 2.24) is 5.32 Å². The molecule has 0 saturated heterocycles. The van der Waals surface area contributed by atoms with Gasteiger partial charge in [0, 0.05) is 6.54 Å². The van der Waals surface area contributed by atoms with Crippen LogP contribution in [0.25, 0.3) is 0 Å². The van der Waals surface area contributed by atoms with Gasteiger partial charge in [0.1, 0.15) is 0 Å². The van der Waals surface area contributed by atoms with E-state index in [0.717, 1.165) is 25.7 Å². The van der Waals surface area contributed by atoms with Gasteiger partial charge in [-0.2, -0.15) is 0 Å². The van der Waals surface area contributed by atoms with Gasteiger partial charge in [0.05, 0.1) is 11.8 Å². The monoisotopic (exact) mass is 213 g/mol. The third-order valence-electron chi connectivity index (χ3n) is 3.00. The summed E-state index contributed by atoms with van der Waals surface area (Å²) in [7, 11) is 0. The van der Waals surface area contributed by atoms with Crippen LogP contribution in [0.2, 0.25) is 0 Å². The Hall–Kier alpha value is -1.06. The average Bonchev–Trinajstić information content (AvgIpc) is 2.66. The van der Waals surface area contributed by atoms with Gasteiger partial charge in [0.2, 0.25) is 5.91 Å². The van der Waals surface area contributed by atoms with E-state index in [1.54, 1.807) is 0 Å². The molecule has 1 aliphatic carbocycles. The number of carbonyl (C=O) groups is 2. The predicted octanol–water partition coefficient (Wildman–Crippen LogP) is 1.40. The predicted molar refractivity (Wildman–Crippen MR) is 56.4 cm³/mol. The van der Waals surface area contributed by atoms with Crippen LogP contribution in [0.15, 0.2) is 0 Å². The lowest BCUT2D eigenvalue weighted by atomic mass is 9.95. The van der Waals surface area contributed by atoms with E-state index in [-0.39, 0.29) is 11.8 Å². The summed E-state index contributed by atoms with van der Waals surface area (Å²) in [4.78, 5) is 22.5. The molecule has 2 N–H and O–H groups in total. The first-order valence-corrected chi connectivity index (χ1v) is 5.67. The van der Waals surface area contributed by atoms with Gasteiger partial charge in [-0.3, -0.25) is 9.59 Å². The van der Waals surface area contributed by atoms with Crippen molar-refractivity contribution in [3.8, 4) is 0 Å². The van der Waals surface area contributed by atoms with E-state index in [4.69, 9.17) is 5.11 Å². The molecular weight excluding hydrogens is 194 g/mol. The molecule has 0 bridgehead atoms. The second-order valence-corrected chi connectivity index (χ2v) is 4.13. The number of carboxylic acids is 1. The molecule has 0 heterocycles. The fourth-order valence-electron chi connectivity index (χ4n) is 2.09. The molecule has 1 fully saturated rings. The summed E-state index contributed by atoms with van der Waals surface area (Å²) in [6.45, 7) is 2.72. The third kappa shape index (κ3) is 3.22. The highest BCUT2D eigenvalue weighted by atomic mass is 16.4. The summed E-state index contributed by atoms with van der Waals surface area (Å²) in [6, 6.07) is 0. The van der Waals surface area contributed by atoms with Crippen molar-refractivity contribution < 1.29 is 14.7 Å². The van der Waals surface area contributed by atoms with E-state index in [1.165, 1.54) is 0 Å². The fraction of sp³-hybridized carbons (Fsp3) is 0.818. The van der Waals surface area contributed by atoms with Crippen molar-refractivity contribution in [1.29, 1.82) is 0 Å². The maximum absolute atomic E-state index is 11.7. The van der Waals surface area contributed by atoms with Gasteiger partial charge in [0.25, 0.3) is 0 Å². The Morgan fingerprint density at radius 1 is 1.33 bits per heavy atom. The first kappa shape index (κ1) is 12.0. The van der Waals surface area contributed by atoms with Crippen LogP contribution in [0.4, 0.5) is 0 Å². The number of unbranched alkanes of at least 4 members (excludes halogenated alkanes) is 1. The highest BCUT2D eigenvalue weighted by molar-refractivity contribution is 5.85. The van der Waals surface area contributed by atoms with Crippen molar-refractivity contribution in [2.24, 2.45) is 11.8 Å². The van der Waals surface area contributed by atoms with E-state index < -0.39 is 11.9 Å². The highest BCUT2D eigenvalue weighted by Gasteiger charge is 2.37. The van der Waals surface area contributed by atoms with Crippen molar-refractivity contribution in [2.45, 2.75) is 39.0 Å². The number of aliphatic carboxylic acids is 1. The van der Waals surface area contributed by atoms with Crippen LogP contribution < -0.4 is 5.32 Å². The second-order valence-electron chi connectivity index (χ2n) is 4.13.